The Morgan fingerprint density at radius 1 is 0.929 bits per heavy atom. The maximum atomic E-state index is 11.1. The number of ether oxygens (including phenoxy) is 4. The predicted octanol–water partition coefficient (Wildman–Crippen LogP) is 3.78. The number of hydrogen-bond donors (Lipinski definition) is 0. The minimum atomic E-state index is -0.487. The highest BCUT2D eigenvalue weighted by atomic mass is 32.2. The Labute approximate surface area is 168 Å². The topological polar surface area (TPSA) is 71.1 Å². The van der Waals surface area contributed by atoms with E-state index in [4.69, 9.17) is 18.9 Å². The van der Waals surface area contributed by atoms with Crippen molar-refractivity contribution in [2.24, 2.45) is 0 Å². The van der Waals surface area contributed by atoms with Crippen LogP contribution in [0.5, 0.6) is 11.5 Å². The van der Waals surface area contributed by atoms with Gasteiger partial charge >= 0.3 is 11.9 Å². The zero-order chi connectivity index (χ0) is 20.4. The maximum absolute atomic E-state index is 11.1. The highest BCUT2D eigenvalue weighted by Gasteiger charge is 2.14. The molecule has 0 N–H and O–H groups in total. The van der Waals surface area contributed by atoms with E-state index in [-0.39, 0.29) is 26.4 Å². The van der Waals surface area contributed by atoms with Crippen molar-refractivity contribution in [3.8, 4) is 11.5 Å². The van der Waals surface area contributed by atoms with Crippen LogP contribution in [0.15, 0.2) is 60.5 Å². The Balaban J connectivity index is 2.17. The lowest BCUT2D eigenvalue weighted by atomic mass is 10.1. The van der Waals surface area contributed by atoms with E-state index in [0.717, 1.165) is 27.8 Å². The summed E-state index contributed by atoms with van der Waals surface area (Å²) in [4.78, 5) is 23.1. The lowest BCUT2D eigenvalue weighted by Crippen LogP contribution is -2.11. The van der Waals surface area contributed by atoms with E-state index in [1.54, 1.807) is 0 Å². The summed E-state index contributed by atoms with van der Waals surface area (Å²) in [7, 11) is 0. The fourth-order valence-electron chi connectivity index (χ4n) is 2.41. The molecule has 0 saturated carbocycles. The summed E-state index contributed by atoms with van der Waals surface area (Å²) >= 11 is 1.51. The van der Waals surface area contributed by atoms with Crippen LogP contribution in [0.2, 0.25) is 0 Å². The number of fused-ring (bicyclic) bond motifs is 1. The van der Waals surface area contributed by atoms with Crippen LogP contribution in [0.4, 0.5) is 0 Å². The predicted molar refractivity (Wildman–Crippen MR) is 109 cm³/mol. The summed E-state index contributed by atoms with van der Waals surface area (Å²) in [6.45, 7) is 7.39. The van der Waals surface area contributed by atoms with Crippen LogP contribution in [0.25, 0.3) is 10.8 Å². The molecule has 0 aromatic heterocycles. The van der Waals surface area contributed by atoms with Crippen LogP contribution in [0.1, 0.15) is 0 Å². The van der Waals surface area contributed by atoms with Crippen molar-refractivity contribution in [2.45, 2.75) is 4.90 Å². The van der Waals surface area contributed by atoms with Crippen LogP contribution in [0.3, 0.4) is 0 Å². The van der Waals surface area contributed by atoms with Gasteiger partial charge in [-0.25, -0.2) is 9.59 Å². The molecule has 7 heteroatoms. The van der Waals surface area contributed by atoms with Crippen LogP contribution in [0, 0.1) is 0 Å². The number of thioether (sulfide) groups is 1. The van der Waals surface area contributed by atoms with Crippen molar-refractivity contribution in [2.75, 3.05) is 32.7 Å². The molecule has 148 valence electrons. The molecule has 0 spiro atoms. The molecule has 0 saturated heterocycles. The molecule has 6 nitrogen and oxygen atoms in total. The van der Waals surface area contributed by atoms with E-state index in [1.165, 1.54) is 11.8 Å². The van der Waals surface area contributed by atoms with Gasteiger partial charge in [-0.05, 0) is 12.3 Å². The average Bonchev–Trinajstić information content (AvgIpc) is 2.74. The molecule has 0 radical (unpaired) electrons. The average molecular weight is 402 g/mol. The van der Waals surface area contributed by atoms with E-state index in [1.807, 2.05) is 36.6 Å². The first-order valence-electron chi connectivity index (χ1n) is 8.54. The number of esters is 2. The summed E-state index contributed by atoms with van der Waals surface area (Å²) in [5, 5.41) is 1.75. The molecule has 0 aliphatic carbocycles. The van der Waals surface area contributed by atoms with Gasteiger partial charge in [-0.3, -0.25) is 0 Å². The first kappa shape index (κ1) is 21.4. The van der Waals surface area contributed by atoms with Crippen molar-refractivity contribution >= 4 is 34.5 Å². The van der Waals surface area contributed by atoms with Gasteiger partial charge in [0.1, 0.15) is 37.9 Å². The normalized spacial score (nSPS) is 10.2. The molecule has 0 amide bonds. The van der Waals surface area contributed by atoms with Gasteiger partial charge in [-0.1, -0.05) is 37.4 Å². The number of rotatable bonds is 11. The molecule has 2 aromatic rings. The number of hydrogen-bond acceptors (Lipinski definition) is 7. The summed E-state index contributed by atoms with van der Waals surface area (Å²) in [6, 6.07) is 9.56. The van der Waals surface area contributed by atoms with Crippen LogP contribution in [-0.4, -0.2) is 44.6 Å². The van der Waals surface area contributed by atoms with Crippen molar-refractivity contribution < 1.29 is 28.5 Å². The Morgan fingerprint density at radius 3 is 2.07 bits per heavy atom. The molecule has 0 heterocycles. The Hall–Kier alpha value is -2.93. The van der Waals surface area contributed by atoms with E-state index in [2.05, 4.69) is 13.2 Å². The summed E-state index contributed by atoms with van der Waals surface area (Å²) < 4.78 is 21.6. The van der Waals surface area contributed by atoms with Gasteiger partial charge in [-0.2, -0.15) is 0 Å². The highest BCUT2D eigenvalue weighted by molar-refractivity contribution is 7.98. The molecule has 28 heavy (non-hydrogen) atoms. The molecular weight excluding hydrogens is 380 g/mol. The molecule has 0 fully saturated rings. The van der Waals surface area contributed by atoms with Gasteiger partial charge in [-0.15, -0.1) is 11.8 Å². The van der Waals surface area contributed by atoms with Gasteiger partial charge in [0.25, 0.3) is 0 Å². The fourth-order valence-corrected chi connectivity index (χ4v) is 2.99. The van der Waals surface area contributed by atoms with Crippen LogP contribution in [-0.2, 0) is 19.1 Å². The standard InChI is InChI=1S/C21H22O6S/c1-4-19(22)25-11-10-24-17-14-18(28-3)21(16-9-7-6-8-15(16)17)27-13-12-26-20(23)5-2/h4-9,14H,1-2,10-13H2,3H3. The van der Waals surface area contributed by atoms with Gasteiger partial charge in [0, 0.05) is 22.9 Å². The number of carbonyl (C=O) groups is 2. The Morgan fingerprint density at radius 2 is 1.50 bits per heavy atom. The van der Waals surface area contributed by atoms with Crippen molar-refractivity contribution in [3.63, 3.8) is 0 Å². The third kappa shape index (κ3) is 5.79. The second-order valence-electron chi connectivity index (χ2n) is 5.39. The first-order chi connectivity index (χ1) is 13.6. The molecule has 0 atom stereocenters. The SMILES string of the molecule is C=CC(=O)OCCOc1cc(SC)c(OCCOC(=O)C=C)c2ccccc12. The monoisotopic (exact) mass is 402 g/mol. The van der Waals surface area contributed by atoms with Gasteiger partial charge in [0.05, 0.1) is 4.90 Å². The quantitative estimate of drug-likeness (QED) is 0.245. The Bertz CT molecular complexity index is 861. The zero-order valence-electron chi connectivity index (χ0n) is 15.6. The Kier molecular flexibility index (Phi) is 8.42. The first-order valence-corrected chi connectivity index (χ1v) is 9.77. The molecule has 0 aliphatic rings. The maximum Gasteiger partial charge on any atom is 0.330 e. The highest BCUT2D eigenvalue weighted by Crippen LogP contribution is 2.41. The van der Waals surface area contributed by atoms with E-state index in [0.29, 0.717) is 11.5 Å². The molecular formula is C21H22O6S. The summed E-state index contributed by atoms with van der Waals surface area (Å²) in [6.07, 6.45) is 4.16. The summed E-state index contributed by atoms with van der Waals surface area (Å²) in [5.41, 5.74) is 0. The van der Waals surface area contributed by atoms with Gasteiger partial charge in [0.15, 0.2) is 0 Å². The minimum Gasteiger partial charge on any atom is -0.489 e. The number of carbonyl (C=O) groups excluding carboxylic acids is 2. The van der Waals surface area contributed by atoms with Crippen molar-refractivity contribution in [1.82, 2.24) is 0 Å². The zero-order valence-corrected chi connectivity index (χ0v) is 16.5. The second kappa shape index (κ2) is 11.0. The van der Waals surface area contributed by atoms with Gasteiger partial charge in [0.2, 0.25) is 0 Å². The molecule has 0 unspecified atom stereocenters. The van der Waals surface area contributed by atoms with E-state index >= 15 is 0 Å². The minimum absolute atomic E-state index is 0.125. The fraction of sp³-hybridized carbons (Fsp3) is 0.238. The van der Waals surface area contributed by atoms with Crippen molar-refractivity contribution in [1.29, 1.82) is 0 Å². The van der Waals surface area contributed by atoms with E-state index in [9.17, 15) is 9.59 Å². The van der Waals surface area contributed by atoms with Crippen molar-refractivity contribution in [3.05, 3.63) is 55.6 Å². The summed E-state index contributed by atoms with van der Waals surface area (Å²) in [5.74, 6) is 0.391. The molecule has 2 rings (SSSR count). The third-order valence-corrected chi connectivity index (χ3v) is 4.38. The second-order valence-corrected chi connectivity index (χ2v) is 6.24. The van der Waals surface area contributed by atoms with E-state index < -0.39 is 11.9 Å². The number of benzene rings is 2. The van der Waals surface area contributed by atoms with Crippen LogP contribution >= 0.6 is 11.8 Å². The lowest BCUT2D eigenvalue weighted by Gasteiger charge is -2.17. The smallest absolute Gasteiger partial charge is 0.330 e. The molecule has 0 aliphatic heterocycles. The third-order valence-electron chi connectivity index (χ3n) is 3.64. The molecule has 0 bridgehead atoms. The lowest BCUT2D eigenvalue weighted by molar-refractivity contribution is -0.139. The van der Waals surface area contributed by atoms with Gasteiger partial charge < -0.3 is 18.9 Å². The largest absolute Gasteiger partial charge is 0.489 e. The van der Waals surface area contributed by atoms with Crippen LogP contribution < -0.4 is 9.47 Å². The molecule has 2 aromatic carbocycles.